The highest BCUT2D eigenvalue weighted by atomic mass is 32.2. The van der Waals surface area contributed by atoms with Gasteiger partial charge in [0, 0.05) is 59.2 Å². The summed E-state index contributed by atoms with van der Waals surface area (Å²) in [6.45, 7) is 6.48. The van der Waals surface area contributed by atoms with E-state index in [2.05, 4.69) is 32.8 Å². The first kappa shape index (κ1) is 19.6. The fraction of sp³-hybridized carbons (Fsp3) is 0.333. The standard InChI is InChI=1S/C21H23N3OS3/c1-16-22-18(14-27-16)15-28-19-6-4-17(5-7-19)21(25)24-10-8-23(9-11-24)13-20-3-2-12-26-20/h2-7,12,14H,8-11,13,15H2,1H3. The number of thiophene rings is 1. The second kappa shape index (κ2) is 9.22. The van der Waals surface area contributed by atoms with E-state index in [0.29, 0.717) is 0 Å². The van der Waals surface area contributed by atoms with Gasteiger partial charge in [0.15, 0.2) is 0 Å². The quantitative estimate of drug-likeness (QED) is 0.529. The minimum Gasteiger partial charge on any atom is -0.336 e. The Balaban J connectivity index is 1.27. The largest absolute Gasteiger partial charge is 0.336 e. The molecule has 1 fully saturated rings. The van der Waals surface area contributed by atoms with Crippen LogP contribution >= 0.6 is 34.4 Å². The van der Waals surface area contributed by atoms with E-state index < -0.39 is 0 Å². The van der Waals surface area contributed by atoms with Gasteiger partial charge in [-0.15, -0.1) is 34.4 Å². The average molecular weight is 430 g/mol. The molecule has 0 spiro atoms. The Bertz CT molecular complexity index is 897. The van der Waals surface area contributed by atoms with Gasteiger partial charge in [0.1, 0.15) is 0 Å². The second-order valence-corrected chi connectivity index (χ2v) is 9.96. The van der Waals surface area contributed by atoms with Crippen LogP contribution in [0.15, 0.2) is 52.1 Å². The zero-order valence-electron chi connectivity index (χ0n) is 15.8. The van der Waals surface area contributed by atoms with Crippen LogP contribution in [-0.4, -0.2) is 46.9 Å². The molecule has 3 aromatic rings. The molecule has 4 nitrogen and oxygen atoms in total. The van der Waals surface area contributed by atoms with E-state index in [1.165, 1.54) is 9.77 Å². The molecular weight excluding hydrogens is 406 g/mol. The van der Waals surface area contributed by atoms with Crippen molar-refractivity contribution in [1.29, 1.82) is 0 Å². The zero-order chi connectivity index (χ0) is 19.3. The summed E-state index contributed by atoms with van der Waals surface area (Å²) in [4.78, 5) is 24.3. The highest BCUT2D eigenvalue weighted by molar-refractivity contribution is 7.98. The number of hydrogen-bond donors (Lipinski definition) is 0. The predicted octanol–water partition coefficient (Wildman–Crippen LogP) is 4.76. The van der Waals surface area contributed by atoms with Gasteiger partial charge in [0.25, 0.3) is 5.91 Å². The smallest absolute Gasteiger partial charge is 0.253 e. The summed E-state index contributed by atoms with van der Waals surface area (Å²) in [7, 11) is 0. The highest BCUT2D eigenvalue weighted by Crippen LogP contribution is 2.24. The minimum atomic E-state index is 0.141. The van der Waals surface area contributed by atoms with E-state index >= 15 is 0 Å². The number of aromatic nitrogens is 1. The lowest BCUT2D eigenvalue weighted by Gasteiger charge is -2.34. The molecule has 0 radical (unpaired) electrons. The van der Waals surface area contributed by atoms with Crippen molar-refractivity contribution in [3.8, 4) is 0 Å². The average Bonchev–Trinajstić information content (AvgIpc) is 3.38. The van der Waals surface area contributed by atoms with Gasteiger partial charge in [-0.25, -0.2) is 4.98 Å². The van der Waals surface area contributed by atoms with Gasteiger partial charge in [-0.1, -0.05) is 6.07 Å². The second-order valence-electron chi connectivity index (χ2n) is 6.82. The molecule has 1 saturated heterocycles. The van der Waals surface area contributed by atoms with Crippen LogP contribution in [0.4, 0.5) is 0 Å². The molecule has 0 unspecified atom stereocenters. The molecular formula is C21H23N3OS3. The number of aryl methyl sites for hydroxylation is 1. The number of thioether (sulfide) groups is 1. The monoisotopic (exact) mass is 429 g/mol. The van der Waals surface area contributed by atoms with E-state index in [1.54, 1.807) is 34.4 Å². The maximum atomic E-state index is 12.8. The summed E-state index contributed by atoms with van der Waals surface area (Å²) < 4.78 is 0. The van der Waals surface area contributed by atoms with Crippen LogP contribution in [0.2, 0.25) is 0 Å². The fourth-order valence-electron chi connectivity index (χ4n) is 3.24. The highest BCUT2D eigenvalue weighted by Gasteiger charge is 2.22. The number of benzene rings is 1. The van der Waals surface area contributed by atoms with Crippen molar-refractivity contribution in [3.63, 3.8) is 0 Å². The molecule has 3 heterocycles. The topological polar surface area (TPSA) is 36.4 Å². The van der Waals surface area contributed by atoms with E-state index in [1.807, 2.05) is 36.1 Å². The third-order valence-corrected chi connectivity index (χ3v) is 7.50. The third-order valence-electron chi connectivity index (χ3n) is 4.77. The van der Waals surface area contributed by atoms with Gasteiger partial charge in [-0.05, 0) is 42.6 Å². The molecule has 0 bridgehead atoms. The molecule has 0 aliphatic carbocycles. The third kappa shape index (κ3) is 5.03. The summed E-state index contributed by atoms with van der Waals surface area (Å²) in [5, 5.41) is 5.33. The molecule has 1 aliphatic rings. The van der Waals surface area contributed by atoms with Crippen molar-refractivity contribution < 1.29 is 4.79 Å². The number of piperazine rings is 1. The normalized spacial score (nSPS) is 15.1. The Morgan fingerprint density at radius 3 is 2.54 bits per heavy atom. The molecule has 1 aromatic carbocycles. The summed E-state index contributed by atoms with van der Waals surface area (Å²) in [5.41, 5.74) is 1.90. The number of carbonyl (C=O) groups excluding carboxylic acids is 1. The number of hydrogen-bond acceptors (Lipinski definition) is 6. The van der Waals surface area contributed by atoms with E-state index in [9.17, 15) is 4.79 Å². The van der Waals surface area contributed by atoms with Gasteiger partial charge in [-0.3, -0.25) is 9.69 Å². The van der Waals surface area contributed by atoms with Gasteiger partial charge in [-0.2, -0.15) is 0 Å². The first-order valence-corrected chi connectivity index (χ1v) is 12.1. The maximum Gasteiger partial charge on any atom is 0.253 e. The Morgan fingerprint density at radius 2 is 1.89 bits per heavy atom. The number of carbonyl (C=O) groups is 1. The Labute approximate surface area is 178 Å². The summed E-state index contributed by atoms with van der Waals surface area (Å²) in [5.74, 6) is 1.01. The number of rotatable bonds is 6. The molecule has 2 aromatic heterocycles. The van der Waals surface area contributed by atoms with E-state index in [-0.39, 0.29) is 5.91 Å². The van der Waals surface area contributed by atoms with Crippen molar-refractivity contribution in [3.05, 3.63) is 68.3 Å². The zero-order valence-corrected chi connectivity index (χ0v) is 18.3. The molecule has 7 heteroatoms. The van der Waals surface area contributed by atoms with E-state index in [4.69, 9.17) is 0 Å². The molecule has 1 aliphatic heterocycles. The van der Waals surface area contributed by atoms with Crippen molar-refractivity contribution in [1.82, 2.24) is 14.8 Å². The summed E-state index contributed by atoms with van der Waals surface area (Å²) in [6, 6.07) is 12.3. The van der Waals surface area contributed by atoms with Crippen LogP contribution in [0.25, 0.3) is 0 Å². The van der Waals surface area contributed by atoms with Crippen LogP contribution in [0.5, 0.6) is 0 Å². The lowest BCUT2D eigenvalue weighted by atomic mass is 10.2. The van der Waals surface area contributed by atoms with Crippen LogP contribution in [0, 0.1) is 6.92 Å². The number of amides is 1. The van der Waals surface area contributed by atoms with Gasteiger partial charge in [0.05, 0.1) is 10.7 Å². The van der Waals surface area contributed by atoms with Gasteiger partial charge in [0.2, 0.25) is 0 Å². The Morgan fingerprint density at radius 1 is 1.11 bits per heavy atom. The summed E-state index contributed by atoms with van der Waals surface area (Å²) in [6.07, 6.45) is 0. The van der Waals surface area contributed by atoms with Crippen LogP contribution in [-0.2, 0) is 12.3 Å². The van der Waals surface area contributed by atoms with Crippen LogP contribution < -0.4 is 0 Å². The summed E-state index contributed by atoms with van der Waals surface area (Å²) >= 11 is 5.24. The van der Waals surface area contributed by atoms with Crippen LogP contribution in [0.1, 0.15) is 25.9 Å². The van der Waals surface area contributed by atoms with Crippen molar-refractivity contribution >= 4 is 40.3 Å². The SMILES string of the molecule is Cc1nc(CSc2ccc(C(=O)N3CCN(Cc4cccs4)CC3)cc2)cs1. The molecule has 4 rings (SSSR count). The molecule has 0 atom stereocenters. The maximum absolute atomic E-state index is 12.8. The van der Waals surface area contributed by atoms with Crippen molar-refractivity contribution in [2.45, 2.75) is 24.1 Å². The number of thiazole rings is 1. The first-order valence-electron chi connectivity index (χ1n) is 9.35. The lowest BCUT2D eigenvalue weighted by molar-refractivity contribution is 0.0629. The Kier molecular flexibility index (Phi) is 6.47. The van der Waals surface area contributed by atoms with Gasteiger partial charge < -0.3 is 4.90 Å². The molecule has 0 saturated carbocycles. The van der Waals surface area contributed by atoms with Crippen molar-refractivity contribution in [2.75, 3.05) is 26.2 Å². The van der Waals surface area contributed by atoms with Crippen molar-refractivity contribution in [2.24, 2.45) is 0 Å². The Hall–Kier alpha value is -1.67. The molecule has 0 N–H and O–H groups in total. The van der Waals surface area contributed by atoms with Gasteiger partial charge >= 0.3 is 0 Å². The predicted molar refractivity (Wildman–Crippen MR) is 118 cm³/mol. The number of nitrogens with zero attached hydrogens (tertiary/aromatic N) is 3. The molecule has 28 heavy (non-hydrogen) atoms. The minimum absolute atomic E-state index is 0.141. The fourth-order valence-corrected chi connectivity index (χ4v) is 5.50. The van der Waals surface area contributed by atoms with Crippen LogP contribution in [0.3, 0.4) is 0 Å². The first-order chi connectivity index (χ1) is 13.7. The van der Waals surface area contributed by atoms with E-state index in [0.717, 1.165) is 54.7 Å². The molecule has 1 amide bonds. The molecule has 146 valence electrons. The lowest BCUT2D eigenvalue weighted by Crippen LogP contribution is -2.48.